The van der Waals surface area contributed by atoms with Gasteiger partial charge in [0.25, 0.3) is 5.91 Å². The summed E-state index contributed by atoms with van der Waals surface area (Å²) in [5.41, 5.74) is -0.869. The van der Waals surface area contributed by atoms with Crippen molar-refractivity contribution in [2.75, 3.05) is 5.32 Å². The second kappa shape index (κ2) is 4.81. The Hall–Kier alpha value is -1.88. The Bertz CT molecular complexity index is 664. The smallest absolute Gasteiger partial charge is 0.313 e. The summed E-state index contributed by atoms with van der Waals surface area (Å²) in [4.78, 5) is 25.1. The first kappa shape index (κ1) is 16.0. The van der Waals surface area contributed by atoms with Crippen molar-refractivity contribution in [1.82, 2.24) is 0 Å². The second-order valence-electron chi connectivity index (χ2n) is 7.43. The maximum atomic E-state index is 12.9. The number of carbonyl (C=O) groups is 2. The molecule has 1 aliphatic heterocycles. The topological polar surface area (TPSA) is 75.6 Å². The number of hydrogen-bond acceptors (Lipinski definition) is 4. The van der Waals surface area contributed by atoms with E-state index in [2.05, 4.69) is 5.32 Å². The molecule has 2 N–H and O–H groups in total. The Labute approximate surface area is 136 Å². The van der Waals surface area contributed by atoms with Crippen LogP contribution in [0.4, 0.5) is 5.69 Å². The van der Waals surface area contributed by atoms with Crippen LogP contribution in [0.5, 0.6) is 0 Å². The highest BCUT2D eigenvalue weighted by molar-refractivity contribution is 6.03. The number of rotatable bonds is 3. The third kappa shape index (κ3) is 1.96. The summed E-state index contributed by atoms with van der Waals surface area (Å²) in [6, 6.07) is 7.02. The Balaban J connectivity index is 1.85. The Morgan fingerprint density at radius 2 is 1.83 bits per heavy atom. The van der Waals surface area contributed by atoms with Gasteiger partial charge in [0.1, 0.15) is 0 Å². The lowest BCUT2D eigenvalue weighted by Gasteiger charge is -2.35. The van der Waals surface area contributed by atoms with E-state index in [-0.39, 0.29) is 11.9 Å². The van der Waals surface area contributed by atoms with Gasteiger partial charge in [-0.2, -0.15) is 0 Å². The number of fused-ring (bicyclic) bond motifs is 2. The summed E-state index contributed by atoms with van der Waals surface area (Å²) < 4.78 is 5.57. The van der Waals surface area contributed by atoms with Gasteiger partial charge in [-0.15, -0.1) is 0 Å². The minimum Gasteiger partial charge on any atom is -0.448 e. The normalized spacial score (nSPS) is 32.5. The van der Waals surface area contributed by atoms with E-state index in [4.69, 9.17) is 4.74 Å². The molecule has 2 fully saturated rings. The second-order valence-corrected chi connectivity index (χ2v) is 7.43. The highest BCUT2D eigenvalue weighted by atomic mass is 16.6. The average Bonchev–Trinajstić information content (AvgIpc) is 2.78. The average molecular weight is 317 g/mol. The molecule has 1 heterocycles. The van der Waals surface area contributed by atoms with Crippen molar-refractivity contribution >= 4 is 17.6 Å². The van der Waals surface area contributed by atoms with Gasteiger partial charge in [-0.1, -0.05) is 26.0 Å². The van der Waals surface area contributed by atoms with E-state index >= 15 is 0 Å². The monoisotopic (exact) mass is 317 g/mol. The van der Waals surface area contributed by atoms with Crippen molar-refractivity contribution in [3.05, 3.63) is 29.8 Å². The van der Waals surface area contributed by atoms with Crippen LogP contribution in [0.25, 0.3) is 0 Å². The number of aliphatic hydroxyl groups excluding tert-OH is 1. The van der Waals surface area contributed by atoms with Crippen molar-refractivity contribution in [2.45, 2.75) is 52.2 Å². The molecule has 2 aliphatic rings. The van der Waals surface area contributed by atoms with E-state index in [1.54, 1.807) is 31.2 Å². The van der Waals surface area contributed by atoms with E-state index in [0.717, 1.165) is 5.56 Å². The van der Waals surface area contributed by atoms with E-state index < -0.39 is 22.5 Å². The van der Waals surface area contributed by atoms with Gasteiger partial charge in [0, 0.05) is 11.1 Å². The van der Waals surface area contributed by atoms with E-state index in [1.165, 1.54) is 0 Å². The largest absolute Gasteiger partial charge is 0.448 e. The molecule has 0 radical (unpaired) electrons. The van der Waals surface area contributed by atoms with Crippen LogP contribution in [0.2, 0.25) is 0 Å². The van der Waals surface area contributed by atoms with Crippen molar-refractivity contribution in [3.8, 4) is 0 Å². The first-order valence-corrected chi connectivity index (χ1v) is 7.97. The Kier molecular flexibility index (Phi) is 3.34. The SMILES string of the molecule is C[C@@H](O)c1ccc(NC(=O)[C@]23CC[C@](C)(C(=O)O2)C3(C)C)cc1. The first-order chi connectivity index (χ1) is 10.6. The minimum absolute atomic E-state index is 0.276. The predicted molar refractivity (Wildman–Crippen MR) is 85.7 cm³/mol. The fraction of sp³-hybridized carbons (Fsp3) is 0.556. The molecule has 0 aromatic heterocycles. The molecule has 124 valence electrons. The number of amides is 1. The van der Waals surface area contributed by atoms with E-state index in [1.807, 2.05) is 20.8 Å². The molecule has 3 rings (SSSR count). The van der Waals surface area contributed by atoms with Crippen LogP contribution in [0, 0.1) is 10.8 Å². The zero-order chi connectivity index (χ0) is 17.0. The van der Waals surface area contributed by atoms with Crippen molar-refractivity contribution in [3.63, 3.8) is 0 Å². The van der Waals surface area contributed by atoms with Crippen LogP contribution in [0.15, 0.2) is 24.3 Å². The lowest BCUT2D eigenvalue weighted by atomic mass is 9.66. The summed E-state index contributed by atoms with van der Waals surface area (Å²) in [7, 11) is 0. The third-order valence-corrected chi connectivity index (χ3v) is 6.10. The molecule has 23 heavy (non-hydrogen) atoms. The lowest BCUT2D eigenvalue weighted by Crippen LogP contribution is -2.50. The molecule has 1 saturated carbocycles. The molecule has 1 aromatic carbocycles. The number of benzene rings is 1. The Morgan fingerprint density at radius 3 is 2.26 bits per heavy atom. The fourth-order valence-corrected chi connectivity index (χ4v) is 3.82. The number of anilines is 1. The molecule has 5 heteroatoms. The molecule has 1 aliphatic carbocycles. The molecule has 3 atom stereocenters. The van der Waals surface area contributed by atoms with Gasteiger partial charge in [-0.25, -0.2) is 0 Å². The van der Waals surface area contributed by atoms with Gasteiger partial charge in [-0.05, 0) is 44.4 Å². The van der Waals surface area contributed by atoms with Crippen LogP contribution >= 0.6 is 0 Å². The van der Waals surface area contributed by atoms with Crippen LogP contribution in [-0.4, -0.2) is 22.6 Å². The molecule has 2 bridgehead atoms. The quantitative estimate of drug-likeness (QED) is 0.841. The van der Waals surface area contributed by atoms with Crippen molar-refractivity contribution in [2.24, 2.45) is 10.8 Å². The fourth-order valence-electron chi connectivity index (χ4n) is 3.82. The maximum absolute atomic E-state index is 12.9. The number of hydrogen-bond donors (Lipinski definition) is 2. The molecule has 0 unspecified atom stereocenters. The summed E-state index contributed by atoms with van der Waals surface area (Å²) in [6.07, 6.45) is 0.649. The minimum atomic E-state index is -1.11. The van der Waals surface area contributed by atoms with Gasteiger partial charge in [0.2, 0.25) is 0 Å². The summed E-state index contributed by atoms with van der Waals surface area (Å²) in [5, 5.41) is 12.4. The molecule has 1 amide bonds. The van der Waals surface area contributed by atoms with E-state index in [0.29, 0.717) is 18.5 Å². The van der Waals surface area contributed by atoms with Crippen LogP contribution < -0.4 is 5.32 Å². The van der Waals surface area contributed by atoms with Gasteiger partial charge < -0.3 is 15.2 Å². The molecule has 0 spiro atoms. The zero-order valence-corrected chi connectivity index (χ0v) is 14.0. The lowest BCUT2D eigenvalue weighted by molar-refractivity contribution is -0.165. The summed E-state index contributed by atoms with van der Waals surface area (Å²) >= 11 is 0. The summed E-state index contributed by atoms with van der Waals surface area (Å²) in [5.74, 6) is -0.560. The third-order valence-electron chi connectivity index (χ3n) is 6.10. The van der Waals surface area contributed by atoms with Gasteiger partial charge in [0.15, 0.2) is 5.60 Å². The molecular weight excluding hydrogens is 294 g/mol. The van der Waals surface area contributed by atoms with Gasteiger partial charge >= 0.3 is 5.97 Å². The first-order valence-electron chi connectivity index (χ1n) is 7.97. The zero-order valence-electron chi connectivity index (χ0n) is 14.0. The Morgan fingerprint density at radius 1 is 1.22 bits per heavy atom. The maximum Gasteiger partial charge on any atom is 0.313 e. The number of esters is 1. The van der Waals surface area contributed by atoms with Crippen molar-refractivity contribution < 1.29 is 19.4 Å². The molecule has 1 saturated heterocycles. The van der Waals surface area contributed by atoms with Crippen LogP contribution in [0.3, 0.4) is 0 Å². The molecule has 1 aromatic rings. The molecular formula is C18H23NO4. The van der Waals surface area contributed by atoms with Gasteiger partial charge in [0.05, 0.1) is 11.5 Å². The summed E-state index contributed by atoms with van der Waals surface area (Å²) in [6.45, 7) is 7.43. The number of carbonyl (C=O) groups excluding carboxylic acids is 2. The standard InChI is InChI=1S/C18H23NO4/c1-11(20)12-5-7-13(8-6-12)19-14(21)18-10-9-17(4,15(22)23-18)16(18,2)3/h5-8,11,20H,9-10H2,1-4H3,(H,19,21)/t11-,17-,18+/m1/s1. The van der Waals surface area contributed by atoms with Crippen molar-refractivity contribution in [1.29, 1.82) is 0 Å². The number of aliphatic hydroxyl groups is 1. The highest BCUT2D eigenvalue weighted by Crippen LogP contribution is 2.65. The molecule has 5 nitrogen and oxygen atoms in total. The predicted octanol–water partition coefficient (Wildman–Crippen LogP) is 2.80. The highest BCUT2D eigenvalue weighted by Gasteiger charge is 2.75. The number of ether oxygens (including phenoxy) is 1. The number of nitrogens with one attached hydrogen (secondary N) is 1. The van der Waals surface area contributed by atoms with E-state index in [9.17, 15) is 14.7 Å². The van der Waals surface area contributed by atoms with Crippen LogP contribution in [0.1, 0.15) is 52.2 Å². The van der Waals surface area contributed by atoms with Gasteiger partial charge in [-0.3, -0.25) is 9.59 Å². The van der Waals surface area contributed by atoms with Crippen LogP contribution in [-0.2, 0) is 14.3 Å².